The number of aryl methyl sites for hydroxylation is 1. The van der Waals surface area contributed by atoms with E-state index in [4.69, 9.17) is 5.73 Å². The fourth-order valence-electron chi connectivity index (χ4n) is 1.12. The van der Waals surface area contributed by atoms with Crippen LogP contribution in [0.4, 0.5) is 0 Å². The van der Waals surface area contributed by atoms with Crippen LogP contribution < -0.4 is 5.73 Å². The summed E-state index contributed by atoms with van der Waals surface area (Å²) in [4.78, 5) is 2.67. The van der Waals surface area contributed by atoms with Crippen LogP contribution in [0.3, 0.4) is 0 Å². The molecule has 0 unspecified atom stereocenters. The Morgan fingerprint density at radius 3 is 2.82 bits per heavy atom. The van der Waals surface area contributed by atoms with Crippen LogP contribution in [0.2, 0.25) is 0 Å². The number of rotatable bonds is 1. The third-order valence-electron chi connectivity index (χ3n) is 1.59. The summed E-state index contributed by atoms with van der Waals surface area (Å²) in [6, 6.07) is 4.40. The molecule has 2 aromatic rings. The molecule has 0 bridgehead atoms. The largest absolute Gasteiger partial charge is 0.326 e. The smallest absolute Gasteiger partial charge is 0.0871 e. The number of thiophene rings is 2. The van der Waals surface area contributed by atoms with Crippen molar-refractivity contribution in [2.75, 3.05) is 0 Å². The molecule has 0 atom stereocenters. The zero-order chi connectivity index (χ0) is 7.84. The van der Waals surface area contributed by atoms with Crippen LogP contribution in [0, 0.1) is 6.92 Å². The summed E-state index contributed by atoms with van der Waals surface area (Å²) in [7, 11) is 0. The van der Waals surface area contributed by atoms with Crippen LogP contribution >= 0.6 is 22.7 Å². The summed E-state index contributed by atoms with van der Waals surface area (Å²) in [6.45, 7) is 2.81. The highest BCUT2D eigenvalue weighted by Gasteiger charge is 2.02. The Labute approximate surface area is 73.5 Å². The molecule has 0 saturated carbocycles. The minimum atomic E-state index is 0.672. The van der Waals surface area contributed by atoms with Gasteiger partial charge >= 0.3 is 0 Å². The Morgan fingerprint density at radius 1 is 1.36 bits per heavy atom. The van der Waals surface area contributed by atoms with E-state index < -0.39 is 0 Å². The van der Waals surface area contributed by atoms with E-state index >= 15 is 0 Å². The van der Waals surface area contributed by atoms with Crippen molar-refractivity contribution in [3.05, 3.63) is 21.9 Å². The van der Waals surface area contributed by atoms with Crippen LogP contribution in [0.1, 0.15) is 9.75 Å². The Morgan fingerprint density at radius 2 is 2.18 bits per heavy atom. The minimum Gasteiger partial charge on any atom is -0.326 e. The summed E-state index contributed by atoms with van der Waals surface area (Å²) in [6.07, 6.45) is 0. The van der Waals surface area contributed by atoms with E-state index in [1.54, 1.807) is 0 Å². The van der Waals surface area contributed by atoms with Gasteiger partial charge in [0.2, 0.25) is 0 Å². The standard InChI is InChI=1S/C8H9NS2/c1-5-2-6-3-7(4-9)11-8(6)10-5/h2-3H,4,9H2,1H3. The van der Waals surface area contributed by atoms with Gasteiger partial charge in [0.1, 0.15) is 0 Å². The number of hydrogen-bond acceptors (Lipinski definition) is 3. The summed E-state index contributed by atoms with van der Waals surface area (Å²) >= 11 is 3.66. The Hall–Kier alpha value is -0.380. The third kappa shape index (κ3) is 1.20. The first kappa shape index (κ1) is 7.28. The Balaban J connectivity index is 2.64. The van der Waals surface area contributed by atoms with E-state index in [-0.39, 0.29) is 0 Å². The lowest BCUT2D eigenvalue weighted by atomic mass is 10.3. The fraction of sp³-hybridized carbons (Fsp3) is 0.250. The van der Waals surface area contributed by atoms with Crippen molar-refractivity contribution in [2.24, 2.45) is 5.73 Å². The molecule has 11 heavy (non-hydrogen) atoms. The van der Waals surface area contributed by atoms with Gasteiger partial charge in [-0.3, -0.25) is 0 Å². The second-order valence-electron chi connectivity index (χ2n) is 2.52. The molecule has 0 aliphatic rings. The van der Waals surface area contributed by atoms with Gasteiger partial charge in [-0.25, -0.2) is 0 Å². The maximum atomic E-state index is 5.53. The molecule has 3 heteroatoms. The van der Waals surface area contributed by atoms with E-state index in [9.17, 15) is 0 Å². The van der Waals surface area contributed by atoms with Gasteiger partial charge < -0.3 is 5.73 Å². The van der Waals surface area contributed by atoms with E-state index in [0.29, 0.717) is 6.54 Å². The van der Waals surface area contributed by atoms with Crippen LogP contribution in [0.5, 0.6) is 0 Å². The Bertz CT molecular complexity index is 341. The van der Waals surface area contributed by atoms with E-state index in [0.717, 1.165) is 0 Å². The molecule has 2 aromatic heterocycles. The number of nitrogens with two attached hydrogens (primary N) is 1. The van der Waals surface area contributed by atoms with Crippen molar-refractivity contribution in [1.82, 2.24) is 0 Å². The first-order chi connectivity index (χ1) is 5.29. The summed E-state index contributed by atoms with van der Waals surface area (Å²) in [5, 5.41) is 1.36. The molecule has 58 valence electrons. The van der Waals surface area contributed by atoms with Crippen molar-refractivity contribution < 1.29 is 0 Å². The van der Waals surface area contributed by atoms with Gasteiger partial charge in [0.05, 0.1) is 4.01 Å². The van der Waals surface area contributed by atoms with Crippen LogP contribution in [0.15, 0.2) is 12.1 Å². The maximum absolute atomic E-state index is 5.53. The maximum Gasteiger partial charge on any atom is 0.0871 e. The summed E-state index contributed by atoms with van der Waals surface area (Å²) in [5.41, 5.74) is 5.53. The molecule has 0 amide bonds. The zero-order valence-corrected chi connectivity index (χ0v) is 7.89. The van der Waals surface area contributed by atoms with Crippen LogP contribution in [0.25, 0.3) is 9.40 Å². The van der Waals surface area contributed by atoms with Gasteiger partial charge in [-0.05, 0) is 19.1 Å². The average Bonchev–Trinajstić information content (AvgIpc) is 2.43. The molecule has 0 aliphatic carbocycles. The lowest BCUT2D eigenvalue weighted by molar-refractivity contribution is 1.11. The zero-order valence-electron chi connectivity index (χ0n) is 6.26. The normalized spacial score (nSPS) is 11.1. The molecule has 2 heterocycles. The second kappa shape index (κ2) is 2.59. The van der Waals surface area contributed by atoms with Crippen LogP contribution in [-0.4, -0.2) is 0 Å². The minimum absolute atomic E-state index is 0.672. The molecule has 1 nitrogen and oxygen atoms in total. The molecular weight excluding hydrogens is 174 g/mol. The van der Waals surface area contributed by atoms with Gasteiger partial charge in [-0.1, -0.05) is 0 Å². The highest BCUT2D eigenvalue weighted by molar-refractivity contribution is 7.38. The molecule has 0 aromatic carbocycles. The molecule has 0 fully saturated rings. The lowest BCUT2D eigenvalue weighted by Gasteiger charge is -1.82. The summed E-state index contributed by atoms with van der Waals surface area (Å²) < 4.78 is 1.41. The SMILES string of the molecule is Cc1cc2cc(CN)sc2s1. The van der Waals surface area contributed by atoms with Gasteiger partial charge in [0, 0.05) is 21.7 Å². The van der Waals surface area contributed by atoms with Gasteiger partial charge in [-0.2, -0.15) is 0 Å². The van der Waals surface area contributed by atoms with E-state index in [1.165, 1.54) is 19.2 Å². The van der Waals surface area contributed by atoms with Crippen molar-refractivity contribution in [2.45, 2.75) is 13.5 Å². The van der Waals surface area contributed by atoms with Crippen molar-refractivity contribution in [3.8, 4) is 0 Å². The van der Waals surface area contributed by atoms with E-state index in [1.807, 2.05) is 22.7 Å². The van der Waals surface area contributed by atoms with Crippen LogP contribution in [-0.2, 0) is 6.54 Å². The topological polar surface area (TPSA) is 26.0 Å². The molecule has 0 spiro atoms. The molecular formula is C8H9NS2. The first-order valence-electron chi connectivity index (χ1n) is 3.48. The van der Waals surface area contributed by atoms with E-state index in [2.05, 4.69) is 19.1 Å². The van der Waals surface area contributed by atoms with Gasteiger partial charge in [0.15, 0.2) is 0 Å². The van der Waals surface area contributed by atoms with Crippen molar-refractivity contribution >= 4 is 32.1 Å². The summed E-state index contributed by atoms with van der Waals surface area (Å²) in [5.74, 6) is 0. The van der Waals surface area contributed by atoms with Crippen molar-refractivity contribution in [3.63, 3.8) is 0 Å². The predicted octanol–water partition coefficient (Wildman–Crippen LogP) is 2.73. The third-order valence-corrected chi connectivity index (χ3v) is 3.92. The monoisotopic (exact) mass is 183 g/mol. The highest BCUT2D eigenvalue weighted by Crippen LogP contribution is 2.32. The first-order valence-corrected chi connectivity index (χ1v) is 5.12. The fourth-order valence-corrected chi connectivity index (χ4v) is 3.45. The molecule has 2 N–H and O–H groups in total. The molecule has 0 saturated heterocycles. The second-order valence-corrected chi connectivity index (χ2v) is 5.17. The number of hydrogen-bond donors (Lipinski definition) is 1. The van der Waals surface area contributed by atoms with Gasteiger partial charge in [-0.15, -0.1) is 22.7 Å². The molecule has 2 rings (SSSR count). The van der Waals surface area contributed by atoms with Crippen molar-refractivity contribution in [1.29, 1.82) is 0 Å². The highest BCUT2D eigenvalue weighted by atomic mass is 32.2. The molecule has 0 aliphatic heterocycles. The number of fused-ring (bicyclic) bond motifs is 1. The lowest BCUT2D eigenvalue weighted by Crippen LogP contribution is -1.91. The quantitative estimate of drug-likeness (QED) is 0.722. The average molecular weight is 183 g/mol. The predicted molar refractivity (Wildman–Crippen MR) is 52.3 cm³/mol. The molecule has 0 radical (unpaired) electrons. The van der Waals surface area contributed by atoms with Gasteiger partial charge in [0.25, 0.3) is 0 Å². The Kier molecular flexibility index (Phi) is 1.71.